The largest absolute Gasteiger partial charge is 0.444 e. The maximum atomic E-state index is 15.5. The predicted molar refractivity (Wildman–Crippen MR) is 549 cm³/mol. The number of nitrogens with one attached hydrogen (secondary N) is 1. The fourth-order valence-electron chi connectivity index (χ4n) is 15.9. The van der Waals surface area contributed by atoms with Crippen molar-refractivity contribution in [2.45, 2.75) is 468 Å². The molecule has 4 aromatic carbocycles. The zero-order chi connectivity index (χ0) is 101. The molecule has 0 spiro atoms. The number of carbonyl (C=O) groups is 9. The number of hydrogen-bond donors (Lipinski definition) is 1. The van der Waals surface area contributed by atoms with E-state index in [4.69, 9.17) is 42.6 Å². The van der Waals surface area contributed by atoms with Crippen LogP contribution in [0.4, 0.5) is 4.79 Å². The standard InChI is InChI=1S/C115H181NO18S/c1-31-34-37-40-43-48-53-58-63-78-82-70-84(92(128-100(119)109(10,11)12)74-90(82)126-98(117)107(4,5)6)79(64-59-54-49-44-41-38-35-32-2)86-72-88(96(132-104(123)113(22,23)24)76-94(86)130-102(121)111(16,17)18)81(66-61-56-51-46-47-52-57-62-68-135-69-67-116-106(125)134-115(28,29)30)89-73-87(95(131-103(122)112(19,20)21)77-97(89)133-105(124)114(25,26)27)80(65-60-55-50-45-42-39-36-33-3)85-71-83(78)91(127-99(118)108(7,8)9)75-93(85)129-101(120)110(13,14)15/h70-81H,31-69H2,1-30H3,(H,116,125). The molecule has 0 aromatic heterocycles. The van der Waals surface area contributed by atoms with Gasteiger partial charge in [0, 0.05) is 105 Å². The van der Waals surface area contributed by atoms with E-state index in [2.05, 4.69) is 26.1 Å². The second-order valence-electron chi connectivity index (χ2n) is 47.5. The van der Waals surface area contributed by atoms with Crippen molar-refractivity contribution >= 4 is 65.6 Å². The summed E-state index contributed by atoms with van der Waals surface area (Å²) in [5.74, 6) is -6.08. The molecule has 20 heteroatoms. The van der Waals surface area contributed by atoms with Crippen LogP contribution in [0.3, 0.4) is 0 Å². The van der Waals surface area contributed by atoms with Crippen LogP contribution in [0.5, 0.6) is 46.0 Å². The average Bonchev–Trinajstić information content (AvgIpc) is 0.738. The van der Waals surface area contributed by atoms with Gasteiger partial charge in [0.15, 0.2) is 0 Å². The number of thioether (sulfide) groups is 1. The molecule has 760 valence electrons. The molecule has 2 unspecified atom stereocenters. The monoisotopic (exact) mass is 1900 g/mol. The molecule has 1 aliphatic carbocycles. The summed E-state index contributed by atoms with van der Waals surface area (Å²) in [7, 11) is 0. The number of ether oxygens (including phenoxy) is 9. The van der Waals surface area contributed by atoms with Crippen molar-refractivity contribution < 1.29 is 85.8 Å². The Kier molecular flexibility index (Phi) is 47.2. The van der Waals surface area contributed by atoms with Crippen molar-refractivity contribution in [2.75, 3.05) is 18.1 Å². The molecule has 135 heavy (non-hydrogen) atoms. The Labute approximate surface area is 820 Å². The number of rotatable bonds is 49. The van der Waals surface area contributed by atoms with E-state index in [1.54, 1.807) is 190 Å². The van der Waals surface area contributed by atoms with E-state index in [-0.39, 0.29) is 46.0 Å². The molecule has 0 aliphatic heterocycles. The SMILES string of the molecule is CCCCCCCCCCC1c2cc(c(OC(=O)C(C)(C)C)cc2OC(=O)C(C)(C)C)C(CCCCCCCCCC)c2cc(c(OC(=O)C(C)(C)C)cc2OC(=O)C(C)(C)C)C(CCCCCCCCCCSCCNC(=O)OC(C)(C)C)c2cc(c(OC(=O)C(C)(C)C)cc2OC(=O)C(C)(C)C)C(CCCCCCCCCC)c2cc1c(OC(=O)C(C)(C)C)cc2OC(=O)C(C)(C)C. The van der Waals surface area contributed by atoms with E-state index in [0.29, 0.717) is 102 Å². The minimum atomic E-state index is -1.12. The van der Waals surface area contributed by atoms with Crippen molar-refractivity contribution in [3.63, 3.8) is 0 Å². The molecule has 5 rings (SSSR count). The zero-order valence-corrected chi connectivity index (χ0v) is 90.6. The highest BCUT2D eigenvalue weighted by atomic mass is 32.2. The fourth-order valence-corrected chi connectivity index (χ4v) is 16.8. The fraction of sp³-hybridized carbons (Fsp3) is 0.713. The molecule has 8 bridgehead atoms. The summed E-state index contributed by atoms with van der Waals surface area (Å²) in [5.41, 5.74) is -5.77. The quantitative estimate of drug-likeness (QED) is 0.0245. The molecular weight excluding hydrogens is 1720 g/mol. The van der Waals surface area contributed by atoms with Gasteiger partial charge in [0.2, 0.25) is 0 Å². The summed E-state index contributed by atoms with van der Waals surface area (Å²) in [6.45, 7) is 55.4. The molecule has 1 amide bonds. The van der Waals surface area contributed by atoms with Gasteiger partial charge in [-0.15, -0.1) is 0 Å². The molecule has 1 aliphatic rings. The van der Waals surface area contributed by atoms with Gasteiger partial charge < -0.3 is 47.9 Å². The highest BCUT2D eigenvalue weighted by Gasteiger charge is 2.42. The van der Waals surface area contributed by atoms with Crippen LogP contribution >= 0.6 is 11.8 Å². The predicted octanol–water partition coefficient (Wildman–Crippen LogP) is 31.5. The summed E-state index contributed by atoms with van der Waals surface area (Å²) in [4.78, 5) is 136. The van der Waals surface area contributed by atoms with Gasteiger partial charge in [-0.05, 0) is 249 Å². The second kappa shape index (κ2) is 54.2. The Balaban J connectivity index is 2.31. The van der Waals surface area contributed by atoms with E-state index in [0.717, 1.165) is 191 Å². The van der Waals surface area contributed by atoms with Crippen LogP contribution in [0.2, 0.25) is 0 Å². The van der Waals surface area contributed by atoms with Gasteiger partial charge >= 0.3 is 53.8 Å². The van der Waals surface area contributed by atoms with Gasteiger partial charge in [0.05, 0.1) is 43.3 Å². The molecule has 2 atom stereocenters. The molecule has 1 N–H and O–H groups in total. The van der Waals surface area contributed by atoms with Crippen LogP contribution in [0.25, 0.3) is 0 Å². The topological polar surface area (TPSA) is 249 Å². The normalized spacial score (nSPS) is 15.2. The molecular formula is C115H181NO18S. The molecule has 19 nitrogen and oxygen atoms in total. The number of unbranched alkanes of at least 4 members (excludes halogenated alkanes) is 28. The van der Waals surface area contributed by atoms with Gasteiger partial charge in [-0.3, -0.25) is 38.4 Å². The smallest absolute Gasteiger partial charge is 0.407 e. The maximum Gasteiger partial charge on any atom is 0.407 e. The van der Waals surface area contributed by atoms with Crippen molar-refractivity contribution in [3.05, 3.63) is 93.0 Å². The van der Waals surface area contributed by atoms with Gasteiger partial charge in [-0.2, -0.15) is 11.8 Å². The van der Waals surface area contributed by atoms with E-state index in [1.165, 1.54) is 0 Å². The van der Waals surface area contributed by atoms with Crippen LogP contribution in [0, 0.1) is 43.3 Å². The van der Waals surface area contributed by atoms with Gasteiger partial charge in [-0.25, -0.2) is 4.79 Å². The van der Waals surface area contributed by atoms with Crippen LogP contribution in [0.1, 0.15) is 507 Å². The third kappa shape index (κ3) is 40.2. The Morgan fingerprint density at radius 2 is 0.393 bits per heavy atom. The average molecular weight is 1900 g/mol. The first-order chi connectivity index (χ1) is 62.8. The van der Waals surface area contributed by atoms with Crippen molar-refractivity contribution in [2.24, 2.45) is 43.3 Å². The minimum absolute atomic E-state index is 0.0644. The molecule has 4 aromatic rings. The van der Waals surface area contributed by atoms with Crippen LogP contribution in [-0.4, -0.2) is 77.5 Å². The molecule has 0 fully saturated rings. The number of hydrogen-bond acceptors (Lipinski definition) is 19. The summed E-state index contributed by atoms with van der Waals surface area (Å²) in [5, 5.41) is 2.86. The lowest BCUT2D eigenvalue weighted by Gasteiger charge is -2.33. The van der Waals surface area contributed by atoms with Crippen molar-refractivity contribution in [1.29, 1.82) is 0 Å². The summed E-state index contributed by atoms with van der Waals surface area (Å²) in [6.07, 6.45) is 31.0. The molecule has 0 heterocycles. The van der Waals surface area contributed by atoms with Crippen molar-refractivity contribution in [1.82, 2.24) is 5.32 Å². The lowest BCUT2D eigenvalue weighted by Crippen LogP contribution is -2.33. The second-order valence-corrected chi connectivity index (χ2v) is 48.7. The van der Waals surface area contributed by atoms with Crippen LogP contribution in [-0.2, 0) is 43.1 Å². The Morgan fingerprint density at radius 3 is 0.556 bits per heavy atom. The first-order valence-corrected chi connectivity index (χ1v) is 53.0. The Morgan fingerprint density at radius 1 is 0.230 bits per heavy atom. The summed E-state index contributed by atoms with van der Waals surface area (Å²) >= 11 is 1.81. The summed E-state index contributed by atoms with van der Waals surface area (Å²) in [6, 6.07) is 14.7. The lowest BCUT2D eigenvalue weighted by molar-refractivity contribution is -0.144. The Bertz CT molecular complexity index is 3770. The zero-order valence-electron chi connectivity index (χ0n) is 89.8. The molecule has 0 saturated heterocycles. The lowest BCUT2D eigenvalue weighted by atomic mass is 9.76. The number of benzene rings is 4. The van der Waals surface area contributed by atoms with Gasteiger partial charge in [-0.1, -0.05) is 220 Å². The van der Waals surface area contributed by atoms with E-state index in [1.807, 2.05) is 56.8 Å². The third-order valence-corrected chi connectivity index (χ3v) is 25.6. The van der Waals surface area contributed by atoms with Crippen LogP contribution in [0.15, 0.2) is 48.5 Å². The third-order valence-electron chi connectivity index (χ3n) is 24.6. The highest BCUT2D eigenvalue weighted by molar-refractivity contribution is 7.99. The number of alkyl carbamates (subject to hydrolysis) is 1. The van der Waals surface area contributed by atoms with Gasteiger partial charge in [0.1, 0.15) is 51.6 Å². The van der Waals surface area contributed by atoms with E-state index in [9.17, 15) is 4.79 Å². The Hall–Kier alpha value is -7.74. The number of carbonyl (C=O) groups excluding carboxylic acids is 9. The number of esters is 8. The number of fused-ring (bicyclic) bond motifs is 8. The van der Waals surface area contributed by atoms with Crippen LogP contribution < -0.4 is 43.2 Å². The molecule has 0 radical (unpaired) electrons. The molecule has 0 saturated carbocycles. The highest BCUT2D eigenvalue weighted by Crippen LogP contribution is 2.56. The van der Waals surface area contributed by atoms with Crippen molar-refractivity contribution in [3.8, 4) is 46.0 Å². The van der Waals surface area contributed by atoms with E-state index >= 15 is 38.4 Å². The number of amides is 1. The maximum absolute atomic E-state index is 15.5. The van der Waals surface area contributed by atoms with Gasteiger partial charge in [0.25, 0.3) is 0 Å². The summed E-state index contributed by atoms with van der Waals surface area (Å²) < 4.78 is 61.5. The first kappa shape index (κ1) is 118. The van der Waals surface area contributed by atoms with E-state index < -0.39 is 126 Å². The minimum Gasteiger partial charge on any atom is -0.444 e. The first-order valence-electron chi connectivity index (χ1n) is 51.9.